The molecule has 0 unspecified atom stereocenters. The fraction of sp³-hybridized carbons (Fsp3) is 0.154. The van der Waals surface area contributed by atoms with E-state index in [1.54, 1.807) is 28.6 Å². The molecule has 108 valence electrons. The molecule has 3 N–H and O–H groups in total. The Hall–Kier alpha value is -2.35. The predicted octanol–water partition coefficient (Wildman–Crippen LogP) is 1.03. The number of pyridine rings is 1. The largest absolute Gasteiger partial charge is 0.384 e. The average Bonchev–Trinajstić information content (AvgIpc) is 2.86. The Balaban J connectivity index is 1.87. The predicted molar refractivity (Wildman–Crippen MR) is 81.6 cm³/mol. The molecule has 0 saturated heterocycles. The van der Waals surface area contributed by atoms with E-state index in [0.717, 1.165) is 15.9 Å². The van der Waals surface area contributed by atoms with Crippen LogP contribution in [-0.4, -0.2) is 21.7 Å². The van der Waals surface area contributed by atoms with Crippen LogP contribution < -0.4 is 20.6 Å². The van der Waals surface area contributed by atoms with Crippen molar-refractivity contribution in [3.8, 4) is 0 Å². The second-order valence-electron chi connectivity index (χ2n) is 4.40. The van der Waals surface area contributed by atoms with Crippen LogP contribution in [0.1, 0.15) is 5.56 Å². The molecule has 21 heavy (non-hydrogen) atoms. The summed E-state index contributed by atoms with van der Waals surface area (Å²) in [7, 11) is 1.62. The van der Waals surface area contributed by atoms with Crippen LogP contribution in [0.15, 0.2) is 41.3 Å². The van der Waals surface area contributed by atoms with E-state index in [0.29, 0.717) is 18.0 Å². The van der Waals surface area contributed by atoms with E-state index in [9.17, 15) is 0 Å². The minimum Gasteiger partial charge on any atom is -0.384 e. The molecule has 3 heterocycles. The molecule has 0 spiro atoms. The molecule has 0 aliphatic heterocycles. The Morgan fingerprint density at radius 1 is 1.52 bits per heavy atom. The van der Waals surface area contributed by atoms with Crippen LogP contribution in [0.2, 0.25) is 0 Å². The van der Waals surface area contributed by atoms with Crippen LogP contribution in [0.4, 0.5) is 11.6 Å². The molecule has 3 rings (SSSR count). The van der Waals surface area contributed by atoms with E-state index in [2.05, 4.69) is 31.3 Å². The van der Waals surface area contributed by atoms with Gasteiger partial charge in [0, 0.05) is 29.0 Å². The van der Waals surface area contributed by atoms with Crippen molar-refractivity contribution in [2.45, 2.75) is 6.54 Å². The van der Waals surface area contributed by atoms with Gasteiger partial charge in [0.15, 0.2) is 5.65 Å². The van der Waals surface area contributed by atoms with Crippen LogP contribution in [0.3, 0.4) is 0 Å². The Morgan fingerprint density at radius 3 is 3.19 bits per heavy atom. The minimum absolute atomic E-state index is 0.436. The highest BCUT2D eigenvalue weighted by Crippen LogP contribution is 2.21. The molecule has 0 amide bonds. The molecule has 0 saturated carbocycles. The molecular weight excluding hydrogens is 336 g/mol. The van der Waals surface area contributed by atoms with Crippen molar-refractivity contribution in [3.63, 3.8) is 0 Å². The number of aromatic nitrogens is 4. The van der Waals surface area contributed by atoms with Gasteiger partial charge < -0.3 is 11.1 Å². The van der Waals surface area contributed by atoms with Crippen molar-refractivity contribution in [1.29, 1.82) is 0 Å². The number of hydrogen-bond acceptors (Lipinski definition) is 5. The molecule has 0 fully saturated rings. The quantitative estimate of drug-likeness (QED) is 0.687. The minimum atomic E-state index is 0.436. The number of rotatable bonds is 4. The number of nitrogens with one attached hydrogen (secondary N) is 1. The first kappa shape index (κ1) is 13.6. The van der Waals surface area contributed by atoms with Crippen LogP contribution in [0, 0.1) is 0 Å². The summed E-state index contributed by atoms with van der Waals surface area (Å²) in [6, 6.07) is 5.67. The SMILES string of the molecule is CO[n+]1cccc(CNc2cc(N)nc3c(Br)cnn23)c1. The number of fused-ring (bicyclic) bond motifs is 1. The molecule has 8 heteroatoms. The Bertz CT molecular complexity index is 787. The van der Waals surface area contributed by atoms with Crippen molar-refractivity contribution in [1.82, 2.24) is 14.6 Å². The summed E-state index contributed by atoms with van der Waals surface area (Å²) in [5.41, 5.74) is 7.57. The average molecular weight is 350 g/mol. The normalized spacial score (nSPS) is 10.8. The van der Waals surface area contributed by atoms with Gasteiger partial charge in [-0.2, -0.15) is 9.61 Å². The Morgan fingerprint density at radius 2 is 2.38 bits per heavy atom. The van der Waals surface area contributed by atoms with Gasteiger partial charge in [-0.3, -0.25) is 4.84 Å². The van der Waals surface area contributed by atoms with Crippen molar-refractivity contribution in [3.05, 3.63) is 46.8 Å². The summed E-state index contributed by atoms with van der Waals surface area (Å²) >= 11 is 3.40. The summed E-state index contributed by atoms with van der Waals surface area (Å²) < 4.78 is 4.14. The summed E-state index contributed by atoms with van der Waals surface area (Å²) in [5.74, 6) is 1.21. The van der Waals surface area contributed by atoms with Crippen LogP contribution in [-0.2, 0) is 6.54 Å². The Kier molecular flexibility index (Phi) is 3.61. The molecule has 0 aliphatic rings. The monoisotopic (exact) mass is 349 g/mol. The first-order valence-electron chi connectivity index (χ1n) is 6.25. The highest BCUT2D eigenvalue weighted by molar-refractivity contribution is 9.10. The summed E-state index contributed by atoms with van der Waals surface area (Å²) in [5, 5.41) is 7.56. The topological polar surface area (TPSA) is 81.3 Å². The standard InChI is InChI=1S/C13H14BrN6O/c1-21-19-4-2-3-9(8-19)6-16-12-5-11(15)18-13-10(14)7-17-20(12)13/h2-5,7-8,16H,6H2,1H3,(H2,15,18)/q+1. The van der Waals surface area contributed by atoms with Gasteiger partial charge in [-0.15, -0.1) is 0 Å². The van der Waals surface area contributed by atoms with E-state index in [-0.39, 0.29) is 0 Å². The van der Waals surface area contributed by atoms with Crippen molar-refractivity contribution >= 4 is 33.2 Å². The van der Waals surface area contributed by atoms with E-state index >= 15 is 0 Å². The molecule has 0 aliphatic carbocycles. The van der Waals surface area contributed by atoms with Gasteiger partial charge in [0.25, 0.3) is 0 Å². The summed E-state index contributed by atoms with van der Waals surface area (Å²) in [6.07, 6.45) is 5.42. The highest BCUT2D eigenvalue weighted by Gasteiger charge is 2.09. The first-order chi connectivity index (χ1) is 10.2. The molecule has 0 aromatic carbocycles. The van der Waals surface area contributed by atoms with Crippen LogP contribution in [0.5, 0.6) is 0 Å². The second-order valence-corrected chi connectivity index (χ2v) is 5.26. The summed E-state index contributed by atoms with van der Waals surface area (Å²) in [4.78, 5) is 9.38. The number of nitrogens with zero attached hydrogens (tertiary/aromatic N) is 4. The van der Waals surface area contributed by atoms with Crippen LogP contribution in [0.25, 0.3) is 5.65 Å². The molecule has 3 aromatic heterocycles. The molecular formula is C13H14BrN6O+. The zero-order chi connectivity index (χ0) is 14.8. The lowest BCUT2D eigenvalue weighted by Crippen LogP contribution is -2.40. The van der Waals surface area contributed by atoms with Gasteiger partial charge in [-0.05, 0) is 22.0 Å². The highest BCUT2D eigenvalue weighted by atomic mass is 79.9. The molecule has 0 bridgehead atoms. The maximum absolute atomic E-state index is 5.83. The number of nitrogen functional groups attached to an aromatic ring is 1. The van der Waals surface area contributed by atoms with Gasteiger partial charge in [0.05, 0.1) is 10.7 Å². The number of halogens is 1. The zero-order valence-corrected chi connectivity index (χ0v) is 12.9. The van der Waals surface area contributed by atoms with Crippen molar-refractivity contribution < 1.29 is 9.57 Å². The first-order valence-corrected chi connectivity index (χ1v) is 7.05. The van der Waals surface area contributed by atoms with Gasteiger partial charge in [0.1, 0.15) is 18.7 Å². The second kappa shape index (κ2) is 5.57. The Labute approximate surface area is 129 Å². The molecule has 3 aromatic rings. The van der Waals surface area contributed by atoms with Gasteiger partial charge >= 0.3 is 0 Å². The summed E-state index contributed by atoms with van der Waals surface area (Å²) in [6.45, 7) is 0.611. The van der Waals surface area contributed by atoms with Gasteiger partial charge in [-0.1, -0.05) is 0 Å². The maximum Gasteiger partial charge on any atom is 0.227 e. The van der Waals surface area contributed by atoms with Gasteiger partial charge in [0.2, 0.25) is 12.4 Å². The number of nitrogens with two attached hydrogens (primary N) is 1. The fourth-order valence-corrected chi connectivity index (χ4v) is 2.34. The van der Waals surface area contributed by atoms with E-state index in [4.69, 9.17) is 10.6 Å². The lowest BCUT2D eigenvalue weighted by atomic mass is 10.3. The molecule has 0 atom stereocenters. The lowest BCUT2D eigenvalue weighted by Gasteiger charge is -2.08. The van der Waals surface area contributed by atoms with Crippen molar-refractivity contribution in [2.75, 3.05) is 18.2 Å². The fourth-order valence-electron chi connectivity index (χ4n) is 1.99. The smallest absolute Gasteiger partial charge is 0.227 e. The lowest BCUT2D eigenvalue weighted by molar-refractivity contribution is -0.885. The van der Waals surface area contributed by atoms with Crippen molar-refractivity contribution in [2.24, 2.45) is 0 Å². The molecule has 0 radical (unpaired) electrons. The number of hydrogen-bond donors (Lipinski definition) is 2. The van der Waals surface area contributed by atoms with Gasteiger partial charge in [-0.25, -0.2) is 4.98 Å². The van der Waals surface area contributed by atoms with E-state index in [1.807, 2.05) is 24.5 Å². The van der Waals surface area contributed by atoms with Crippen LogP contribution >= 0.6 is 15.9 Å². The third kappa shape index (κ3) is 2.75. The maximum atomic E-state index is 5.83. The van der Waals surface area contributed by atoms with E-state index in [1.165, 1.54) is 0 Å². The third-order valence-electron chi connectivity index (χ3n) is 2.97. The zero-order valence-electron chi connectivity index (χ0n) is 11.3. The van der Waals surface area contributed by atoms with E-state index < -0.39 is 0 Å². The number of anilines is 2. The third-order valence-corrected chi connectivity index (χ3v) is 3.53. The molecule has 7 nitrogen and oxygen atoms in total.